The standard InChI is InChI=1S/C24H30N2O2S/c1-23(2)13-14-24(3,4)21-20(23)25-22(29-21)26(15-17-5-6-17)18-10-7-16(8-11-18)9-12-19(27)28/h7-12,17H,5-6,13-15H2,1-4H3,(H,27,28). The Labute approximate surface area is 177 Å². The maximum absolute atomic E-state index is 10.8. The molecule has 0 aliphatic heterocycles. The number of anilines is 2. The van der Waals surface area contributed by atoms with Crippen LogP contribution in [0, 0.1) is 5.92 Å². The van der Waals surface area contributed by atoms with Gasteiger partial charge in [0.15, 0.2) is 5.13 Å². The van der Waals surface area contributed by atoms with E-state index in [0.717, 1.165) is 28.8 Å². The van der Waals surface area contributed by atoms with E-state index >= 15 is 0 Å². The number of carboxylic acid groups (broad SMARTS) is 1. The highest BCUT2D eigenvalue weighted by atomic mass is 32.1. The molecule has 2 aromatic rings. The van der Waals surface area contributed by atoms with Gasteiger partial charge in [-0.25, -0.2) is 9.78 Å². The van der Waals surface area contributed by atoms with Gasteiger partial charge >= 0.3 is 5.97 Å². The van der Waals surface area contributed by atoms with E-state index in [4.69, 9.17) is 10.1 Å². The molecule has 0 bridgehead atoms. The van der Waals surface area contributed by atoms with Crippen molar-refractivity contribution in [3.05, 3.63) is 46.5 Å². The molecule has 2 aliphatic rings. The van der Waals surface area contributed by atoms with Gasteiger partial charge in [0.05, 0.1) is 5.69 Å². The van der Waals surface area contributed by atoms with Crippen LogP contribution in [0.5, 0.6) is 0 Å². The zero-order valence-electron chi connectivity index (χ0n) is 17.7. The number of thiazole rings is 1. The summed E-state index contributed by atoms with van der Waals surface area (Å²) in [5.74, 6) is -0.188. The molecule has 0 saturated heterocycles. The first-order chi connectivity index (χ1) is 13.7. The van der Waals surface area contributed by atoms with E-state index in [-0.39, 0.29) is 10.8 Å². The Morgan fingerprint density at radius 2 is 1.83 bits per heavy atom. The maximum Gasteiger partial charge on any atom is 0.328 e. The number of hydrogen-bond donors (Lipinski definition) is 1. The Hall–Kier alpha value is -2.14. The number of hydrogen-bond acceptors (Lipinski definition) is 4. The minimum absolute atomic E-state index is 0.121. The van der Waals surface area contributed by atoms with Gasteiger partial charge in [-0.1, -0.05) is 39.8 Å². The van der Waals surface area contributed by atoms with Gasteiger partial charge in [-0.2, -0.15) is 0 Å². The van der Waals surface area contributed by atoms with Gasteiger partial charge in [0.1, 0.15) is 0 Å². The topological polar surface area (TPSA) is 53.4 Å². The second-order valence-corrected chi connectivity index (χ2v) is 10.7. The second-order valence-electron chi connectivity index (χ2n) is 9.76. The monoisotopic (exact) mass is 410 g/mol. The molecule has 1 aromatic heterocycles. The van der Waals surface area contributed by atoms with Crippen LogP contribution in [0.3, 0.4) is 0 Å². The molecule has 0 amide bonds. The molecule has 4 nitrogen and oxygen atoms in total. The highest BCUT2D eigenvalue weighted by Crippen LogP contribution is 2.50. The van der Waals surface area contributed by atoms with Crippen LogP contribution in [0.4, 0.5) is 10.8 Å². The van der Waals surface area contributed by atoms with E-state index in [9.17, 15) is 4.79 Å². The molecule has 5 heteroatoms. The fraction of sp³-hybridized carbons (Fsp3) is 0.500. The van der Waals surface area contributed by atoms with Crippen LogP contribution in [0.2, 0.25) is 0 Å². The molecule has 1 heterocycles. The molecule has 1 N–H and O–H groups in total. The smallest absolute Gasteiger partial charge is 0.328 e. The molecule has 154 valence electrons. The average Bonchev–Trinajstić information content (AvgIpc) is 3.36. The van der Waals surface area contributed by atoms with Crippen molar-refractivity contribution in [3.63, 3.8) is 0 Å². The van der Waals surface area contributed by atoms with Gasteiger partial charge in [0, 0.05) is 34.0 Å². The van der Waals surface area contributed by atoms with Gasteiger partial charge in [0.25, 0.3) is 0 Å². The molecule has 4 rings (SSSR count). The summed E-state index contributed by atoms with van der Waals surface area (Å²) in [6.07, 6.45) is 7.75. The number of carboxylic acids is 1. The zero-order chi connectivity index (χ0) is 20.8. The maximum atomic E-state index is 10.8. The first-order valence-electron chi connectivity index (χ1n) is 10.5. The van der Waals surface area contributed by atoms with Crippen molar-refractivity contribution in [2.45, 2.75) is 64.2 Å². The Morgan fingerprint density at radius 3 is 2.41 bits per heavy atom. The lowest BCUT2D eigenvalue weighted by Gasteiger charge is -2.37. The number of rotatable bonds is 6. The minimum atomic E-state index is -0.928. The highest BCUT2D eigenvalue weighted by Gasteiger charge is 2.41. The lowest BCUT2D eigenvalue weighted by Crippen LogP contribution is -2.32. The van der Waals surface area contributed by atoms with Crippen LogP contribution < -0.4 is 4.90 Å². The van der Waals surface area contributed by atoms with Crippen molar-refractivity contribution >= 4 is 34.2 Å². The SMILES string of the molecule is CC1(C)CCC(C)(C)c2sc(N(CC3CC3)c3ccc(C=CC(=O)O)cc3)nc21. The van der Waals surface area contributed by atoms with Gasteiger partial charge < -0.3 is 10.0 Å². The normalized spacial score (nSPS) is 19.9. The van der Waals surface area contributed by atoms with Crippen LogP contribution in [0.1, 0.15) is 69.5 Å². The average molecular weight is 411 g/mol. The molecule has 0 unspecified atom stereocenters. The summed E-state index contributed by atoms with van der Waals surface area (Å²) in [6, 6.07) is 8.13. The van der Waals surface area contributed by atoms with E-state index in [1.165, 1.54) is 42.3 Å². The van der Waals surface area contributed by atoms with Crippen molar-refractivity contribution in [3.8, 4) is 0 Å². The zero-order valence-corrected chi connectivity index (χ0v) is 18.6. The number of benzene rings is 1. The van der Waals surface area contributed by atoms with E-state index in [1.54, 1.807) is 6.08 Å². The summed E-state index contributed by atoms with van der Waals surface area (Å²) >= 11 is 1.86. The summed E-state index contributed by atoms with van der Waals surface area (Å²) < 4.78 is 0. The number of nitrogens with zero attached hydrogens (tertiary/aromatic N) is 2. The lowest BCUT2D eigenvalue weighted by atomic mass is 9.69. The highest BCUT2D eigenvalue weighted by molar-refractivity contribution is 7.16. The van der Waals surface area contributed by atoms with Crippen molar-refractivity contribution in [2.75, 3.05) is 11.4 Å². The number of aliphatic carboxylic acids is 1. The molecule has 1 fully saturated rings. The van der Waals surface area contributed by atoms with Gasteiger partial charge in [-0.3, -0.25) is 0 Å². The van der Waals surface area contributed by atoms with Gasteiger partial charge in [-0.05, 0) is 55.4 Å². The third-order valence-corrected chi connectivity index (χ3v) is 7.68. The Kier molecular flexibility index (Phi) is 5.06. The minimum Gasteiger partial charge on any atom is -0.478 e. The van der Waals surface area contributed by atoms with Crippen LogP contribution in [0.15, 0.2) is 30.3 Å². The van der Waals surface area contributed by atoms with Gasteiger partial charge in [-0.15, -0.1) is 11.3 Å². The summed E-state index contributed by atoms with van der Waals surface area (Å²) in [5, 5.41) is 9.93. The first kappa shape index (κ1) is 20.1. The number of carbonyl (C=O) groups is 1. The largest absolute Gasteiger partial charge is 0.478 e. The Balaban J connectivity index is 1.70. The molecule has 1 saturated carbocycles. The van der Waals surface area contributed by atoms with E-state index < -0.39 is 5.97 Å². The van der Waals surface area contributed by atoms with E-state index in [2.05, 4.69) is 44.7 Å². The molecule has 29 heavy (non-hydrogen) atoms. The summed E-state index contributed by atoms with van der Waals surface area (Å²) in [6.45, 7) is 10.3. The quantitative estimate of drug-likeness (QED) is 0.581. The van der Waals surface area contributed by atoms with Crippen LogP contribution in [-0.2, 0) is 15.6 Å². The lowest BCUT2D eigenvalue weighted by molar-refractivity contribution is -0.131. The van der Waals surface area contributed by atoms with E-state index in [0.29, 0.717) is 0 Å². The molecule has 0 spiro atoms. The number of fused-ring (bicyclic) bond motifs is 1. The molecule has 1 aromatic carbocycles. The molecule has 0 atom stereocenters. The third-order valence-electron chi connectivity index (χ3n) is 6.24. The van der Waals surface area contributed by atoms with Crippen LogP contribution in [0.25, 0.3) is 6.08 Å². The first-order valence-corrected chi connectivity index (χ1v) is 11.3. The van der Waals surface area contributed by atoms with Crippen LogP contribution in [-0.4, -0.2) is 22.6 Å². The molecule has 0 radical (unpaired) electrons. The van der Waals surface area contributed by atoms with Crippen molar-refractivity contribution in [2.24, 2.45) is 5.92 Å². The number of aromatic nitrogens is 1. The summed E-state index contributed by atoms with van der Waals surface area (Å²) in [7, 11) is 0. The van der Waals surface area contributed by atoms with Crippen molar-refractivity contribution < 1.29 is 9.90 Å². The molecular formula is C24H30N2O2S. The third kappa shape index (κ3) is 4.25. The second kappa shape index (κ2) is 7.28. The fourth-order valence-corrected chi connectivity index (χ4v) is 5.39. The Bertz CT molecular complexity index is 903. The fourth-order valence-electron chi connectivity index (χ4n) is 3.98. The van der Waals surface area contributed by atoms with E-state index in [1.807, 2.05) is 23.5 Å². The predicted molar refractivity (Wildman–Crippen MR) is 120 cm³/mol. The van der Waals surface area contributed by atoms with Crippen molar-refractivity contribution in [1.82, 2.24) is 4.98 Å². The molecule has 2 aliphatic carbocycles. The van der Waals surface area contributed by atoms with Gasteiger partial charge in [0.2, 0.25) is 0 Å². The van der Waals surface area contributed by atoms with Crippen molar-refractivity contribution in [1.29, 1.82) is 0 Å². The molecular weight excluding hydrogens is 380 g/mol. The summed E-state index contributed by atoms with van der Waals surface area (Å²) in [4.78, 5) is 19.8. The summed E-state index contributed by atoms with van der Waals surface area (Å²) in [5.41, 5.74) is 3.60. The Morgan fingerprint density at radius 1 is 1.17 bits per heavy atom. The predicted octanol–water partition coefficient (Wildman–Crippen LogP) is 6.14. The van der Waals surface area contributed by atoms with Crippen LogP contribution >= 0.6 is 11.3 Å².